The lowest BCUT2D eigenvalue weighted by Gasteiger charge is -2.26. The van der Waals surface area contributed by atoms with E-state index < -0.39 is 17.8 Å². The molecule has 5 heteroatoms. The van der Waals surface area contributed by atoms with Gasteiger partial charge in [0, 0.05) is 12.0 Å². The van der Waals surface area contributed by atoms with Crippen LogP contribution in [0.3, 0.4) is 0 Å². The van der Waals surface area contributed by atoms with E-state index in [9.17, 15) is 9.59 Å². The molecule has 0 aliphatic heterocycles. The summed E-state index contributed by atoms with van der Waals surface area (Å²) >= 11 is 0. The molecule has 1 amide bonds. The summed E-state index contributed by atoms with van der Waals surface area (Å²) in [6.07, 6.45) is 1.97. The van der Waals surface area contributed by atoms with E-state index in [1.54, 1.807) is 18.7 Å². The lowest BCUT2D eigenvalue weighted by atomic mass is 9.94. The second-order valence-corrected chi connectivity index (χ2v) is 5.63. The van der Waals surface area contributed by atoms with Crippen molar-refractivity contribution in [3.05, 3.63) is 23.7 Å². The number of carbonyl (C=O) groups excluding carboxylic acids is 1. The molecule has 0 aromatic carbocycles. The van der Waals surface area contributed by atoms with Crippen LogP contribution in [0.1, 0.15) is 38.2 Å². The second-order valence-electron chi connectivity index (χ2n) is 5.63. The van der Waals surface area contributed by atoms with E-state index in [0.29, 0.717) is 6.54 Å². The first-order chi connectivity index (χ1) is 9.40. The highest BCUT2D eigenvalue weighted by molar-refractivity contribution is 5.84. The van der Waals surface area contributed by atoms with E-state index in [1.165, 1.54) is 0 Å². The Bertz CT molecular complexity index is 504. The van der Waals surface area contributed by atoms with Gasteiger partial charge in [-0.15, -0.1) is 0 Å². The van der Waals surface area contributed by atoms with E-state index in [-0.39, 0.29) is 11.9 Å². The van der Waals surface area contributed by atoms with Crippen LogP contribution in [-0.4, -0.2) is 27.9 Å². The number of carboxylic acid groups (broad SMARTS) is 1. The zero-order chi connectivity index (χ0) is 14.9. The first-order valence-corrected chi connectivity index (χ1v) is 6.98. The van der Waals surface area contributed by atoms with Gasteiger partial charge in [-0.25, -0.2) is 0 Å². The highest BCUT2D eigenvalue weighted by Gasteiger charge is 2.37. The van der Waals surface area contributed by atoms with Crippen LogP contribution in [0, 0.1) is 18.8 Å². The number of amides is 1. The van der Waals surface area contributed by atoms with Crippen molar-refractivity contribution in [1.29, 1.82) is 0 Å². The molecular formula is C15H21NO4. The summed E-state index contributed by atoms with van der Waals surface area (Å²) in [4.78, 5) is 25.3. The number of rotatable bonds is 6. The van der Waals surface area contributed by atoms with E-state index >= 15 is 0 Å². The van der Waals surface area contributed by atoms with Gasteiger partial charge in [-0.1, -0.05) is 13.8 Å². The van der Waals surface area contributed by atoms with Crippen LogP contribution in [-0.2, 0) is 16.1 Å². The minimum Gasteiger partial charge on any atom is -0.481 e. The van der Waals surface area contributed by atoms with Crippen molar-refractivity contribution in [2.75, 3.05) is 0 Å². The Kier molecular flexibility index (Phi) is 4.16. The molecule has 0 radical (unpaired) electrons. The van der Waals surface area contributed by atoms with Crippen LogP contribution in [0.15, 0.2) is 16.5 Å². The molecule has 1 fully saturated rings. The third kappa shape index (κ3) is 3.21. The van der Waals surface area contributed by atoms with E-state index in [4.69, 9.17) is 9.52 Å². The van der Waals surface area contributed by atoms with E-state index in [1.807, 2.05) is 19.1 Å². The number of aliphatic carboxylic acids is 1. The average molecular weight is 279 g/mol. The zero-order valence-electron chi connectivity index (χ0n) is 12.1. The maximum absolute atomic E-state index is 12.5. The Morgan fingerprint density at radius 3 is 2.45 bits per heavy atom. The fourth-order valence-corrected chi connectivity index (χ4v) is 2.20. The lowest BCUT2D eigenvalue weighted by Crippen LogP contribution is -2.40. The van der Waals surface area contributed by atoms with Gasteiger partial charge in [-0.05, 0) is 31.9 Å². The Morgan fingerprint density at radius 1 is 1.35 bits per heavy atom. The molecule has 0 bridgehead atoms. The molecule has 20 heavy (non-hydrogen) atoms. The minimum atomic E-state index is -0.935. The van der Waals surface area contributed by atoms with Crippen LogP contribution in [0.25, 0.3) is 0 Å². The molecule has 1 aliphatic rings. The molecule has 1 aromatic rings. The predicted octanol–water partition coefficient (Wildman–Crippen LogP) is 2.44. The average Bonchev–Trinajstić information content (AvgIpc) is 3.16. The van der Waals surface area contributed by atoms with Crippen molar-refractivity contribution in [2.45, 2.75) is 46.2 Å². The summed E-state index contributed by atoms with van der Waals surface area (Å²) in [5.41, 5.74) is 0. The van der Waals surface area contributed by atoms with Gasteiger partial charge in [-0.2, -0.15) is 0 Å². The Morgan fingerprint density at radius 2 is 2.00 bits per heavy atom. The van der Waals surface area contributed by atoms with Crippen LogP contribution in [0.4, 0.5) is 0 Å². The summed E-state index contributed by atoms with van der Waals surface area (Å²) in [7, 11) is 0. The Labute approximate surface area is 118 Å². The van der Waals surface area contributed by atoms with Crippen LogP contribution in [0.5, 0.6) is 0 Å². The van der Waals surface area contributed by atoms with Crippen LogP contribution < -0.4 is 0 Å². The first kappa shape index (κ1) is 14.6. The number of carboxylic acids is 1. The van der Waals surface area contributed by atoms with Gasteiger partial charge < -0.3 is 14.4 Å². The molecule has 2 atom stereocenters. The molecule has 0 spiro atoms. The third-order valence-electron chi connectivity index (χ3n) is 3.92. The topological polar surface area (TPSA) is 70.8 Å². The van der Waals surface area contributed by atoms with Gasteiger partial charge in [0.25, 0.3) is 0 Å². The quantitative estimate of drug-likeness (QED) is 0.868. The smallest absolute Gasteiger partial charge is 0.307 e. The normalized spacial score (nSPS) is 17.6. The maximum atomic E-state index is 12.5. The monoisotopic (exact) mass is 279 g/mol. The van der Waals surface area contributed by atoms with Crippen molar-refractivity contribution in [3.63, 3.8) is 0 Å². The van der Waals surface area contributed by atoms with Gasteiger partial charge in [0.05, 0.1) is 12.5 Å². The Hall–Kier alpha value is -1.78. The molecule has 110 valence electrons. The number of hydrogen-bond acceptors (Lipinski definition) is 3. The molecule has 5 nitrogen and oxygen atoms in total. The van der Waals surface area contributed by atoms with Crippen molar-refractivity contribution in [1.82, 2.24) is 4.90 Å². The third-order valence-corrected chi connectivity index (χ3v) is 3.92. The second kappa shape index (κ2) is 5.69. The zero-order valence-corrected chi connectivity index (χ0v) is 12.1. The molecule has 1 aromatic heterocycles. The predicted molar refractivity (Wildman–Crippen MR) is 73.0 cm³/mol. The van der Waals surface area contributed by atoms with Crippen molar-refractivity contribution >= 4 is 11.9 Å². The van der Waals surface area contributed by atoms with E-state index in [2.05, 4.69) is 0 Å². The lowest BCUT2D eigenvalue weighted by molar-refractivity contribution is -0.149. The molecule has 1 N–H and O–H groups in total. The van der Waals surface area contributed by atoms with Crippen molar-refractivity contribution in [2.24, 2.45) is 11.8 Å². The number of carbonyl (C=O) groups is 2. The number of furan rings is 1. The summed E-state index contributed by atoms with van der Waals surface area (Å²) in [6, 6.07) is 3.97. The largest absolute Gasteiger partial charge is 0.481 e. The SMILES string of the molecule is Cc1ccc(CN(C(=O)C(C)C(C)C(=O)O)C2CC2)o1. The van der Waals surface area contributed by atoms with Gasteiger partial charge >= 0.3 is 5.97 Å². The van der Waals surface area contributed by atoms with Crippen molar-refractivity contribution < 1.29 is 19.1 Å². The van der Waals surface area contributed by atoms with E-state index in [0.717, 1.165) is 24.4 Å². The minimum absolute atomic E-state index is 0.101. The number of nitrogens with zero attached hydrogens (tertiary/aromatic N) is 1. The van der Waals surface area contributed by atoms with Gasteiger partial charge in [0.15, 0.2) is 0 Å². The summed E-state index contributed by atoms with van der Waals surface area (Å²) in [6.45, 7) is 5.55. The number of aryl methyl sites for hydroxylation is 1. The fraction of sp³-hybridized carbons (Fsp3) is 0.600. The molecule has 1 aliphatic carbocycles. The fourth-order valence-electron chi connectivity index (χ4n) is 2.20. The molecule has 2 unspecified atom stereocenters. The maximum Gasteiger partial charge on any atom is 0.307 e. The molecular weight excluding hydrogens is 258 g/mol. The summed E-state index contributed by atoms with van der Waals surface area (Å²) < 4.78 is 5.52. The molecule has 1 saturated carbocycles. The molecule has 2 rings (SSSR count). The highest BCUT2D eigenvalue weighted by Crippen LogP contribution is 2.31. The highest BCUT2D eigenvalue weighted by atomic mass is 16.4. The number of hydrogen-bond donors (Lipinski definition) is 1. The summed E-state index contributed by atoms with van der Waals surface area (Å²) in [5.74, 6) is -0.675. The first-order valence-electron chi connectivity index (χ1n) is 6.98. The summed E-state index contributed by atoms with van der Waals surface area (Å²) in [5, 5.41) is 9.04. The van der Waals surface area contributed by atoms with Crippen LogP contribution >= 0.6 is 0 Å². The molecule has 1 heterocycles. The van der Waals surface area contributed by atoms with Crippen molar-refractivity contribution in [3.8, 4) is 0 Å². The van der Waals surface area contributed by atoms with Gasteiger partial charge in [0.1, 0.15) is 11.5 Å². The Balaban J connectivity index is 2.08. The standard InChI is InChI=1S/C15H21NO4/c1-9-4-7-13(20-9)8-16(12-5-6-12)14(17)10(2)11(3)15(18)19/h4,7,10-12H,5-6,8H2,1-3H3,(H,18,19). The van der Waals surface area contributed by atoms with Gasteiger partial charge in [-0.3, -0.25) is 9.59 Å². The van der Waals surface area contributed by atoms with Gasteiger partial charge in [0.2, 0.25) is 5.91 Å². The van der Waals surface area contributed by atoms with Crippen LogP contribution in [0.2, 0.25) is 0 Å². The molecule has 0 saturated heterocycles.